The number of carbonyl (C=O) groups is 2. The molecule has 138 valence electrons. The third-order valence-corrected chi connectivity index (χ3v) is 4.55. The lowest BCUT2D eigenvalue weighted by molar-refractivity contribution is -0.885. The smallest absolute Gasteiger partial charge is 0.282 e. The number of hydrogen-bond acceptors (Lipinski definition) is 2. The van der Waals surface area contributed by atoms with Crippen LogP contribution in [0.15, 0.2) is 42.5 Å². The van der Waals surface area contributed by atoms with Crippen molar-refractivity contribution < 1.29 is 18.9 Å². The molecule has 0 aliphatic rings. The van der Waals surface area contributed by atoms with Crippen molar-refractivity contribution in [2.24, 2.45) is 0 Å². The van der Waals surface area contributed by atoms with Crippen LogP contribution in [0.5, 0.6) is 0 Å². The van der Waals surface area contributed by atoms with Crippen molar-refractivity contribution in [2.75, 3.05) is 24.2 Å². The lowest BCUT2D eigenvalue weighted by atomic mass is 10.2. The fraction of sp³-hybridized carbons (Fsp3) is 0.222. The normalized spacial score (nSPS) is 13.0. The van der Waals surface area contributed by atoms with Gasteiger partial charge in [0.05, 0.1) is 28.5 Å². The Balaban J connectivity index is 1.93. The van der Waals surface area contributed by atoms with Gasteiger partial charge in [-0.2, -0.15) is 0 Å². The molecule has 0 aliphatic carbocycles. The molecule has 26 heavy (non-hydrogen) atoms. The summed E-state index contributed by atoms with van der Waals surface area (Å²) in [6.45, 7) is 1.75. The van der Waals surface area contributed by atoms with Gasteiger partial charge in [-0.05, 0) is 37.3 Å². The van der Waals surface area contributed by atoms with E-state index in [1.54, 1.807) is 38.2 Å². The molecule has 1 unspecified atom stereocenters. The van der Waals surface area contributed by atoms with Gasteiger partial charge in [-0.3, -0.25) is 9.59 Å². The zero-order chi connectivity index (χ0) is 19.3. The van der Waals surface area contributed by atoms with Crippen LogP contribution in [0, 0.1) is 5.82 Å². The molecule has 0 spiro atoms. The predicted molar refractivity (Wildman–Crippen MR) is 101 cm³/mol. The minimum absolute atomic E-state index is 0.0664. The molecule has 3 N–H and O–H groups in total. The Morgan fingerprint density at radius 2 is 1.73 bits per heavy atom. The summed E-state index contributed by atoms with van der Waals surface area (Å²) in [5.41, 5.74) is 0.834. The van der Waals surface area contributed by atoms with Gasteiger partial charge in [0, 0.05) is 0 Å². The first-order chi connectivity index (χ1) is 12.3. The van der Waals surface area contributed by atoms with E-state index in [9.17, 15) is 14.0 Å². The summed E-state index contributed by atoms with van der Waals surface area (Å²) in [6.07, 6.45) is 0. The number of nitrogens with one attached hydrogen (secondary N) is 3. The number of quaternary nitrogens is 1. The van der Waals surface area contributed by atoms with Gasteiger partial charge in [-0.25, -0.2) is 4.39 Å². The molecule has 2 amide bonds. The number of benzene rings is 2. The Kier molecular flexibility index (Phi) is 6.97. The Labute approximate surface area is 161 Å². The van der Waals surface area contributed by atoms with E-state index in [2.05, 4.69) is 10.6 Å². The van der Waals surface area contributed by atoms with Crippen molar-refractivity contribution in [3.05, 3.63) is 58.3 Å². The first kappa shape index (κ1) is 20.2. The maximum absolute atomic E-state index is 13.1. The molecule has 0 aliphatic heterocycles. The fourth-order valence-electron chi connectivity index (χ4n) is 2.22. The predicted octanol–water partition coefficient (Wildman–Crippen LogP) is 2.61. The molecule has 0 saturated heterocycles. The number of rotatable bonds is 6. The van der Waals surface area contributed by atoms with Gasteiger partial charge in [0.25, 0.3) is 11.8 Å². The molecule has 0 fully saturated rings. The van der Waals surface area contributed by atoms with Gasteiger partial charge < -0.3 is 15.5 Å². The maximum atomic E-state index is 13.1. The molecule has 0 bridgehead atoms. The number of amides is 2. The van der Waals surface area contributed by atoms with Crippen molar-refractivity contribution in [1.82, 2.24) is 0 Å². The summed E-state index contributed by atoms with van der Waals surface area (Å²) in [6, 6.07) is 10.1. The number of carbonyl (C=O) groups excluding carboxylic acids is 2. The highest BCUT2D eigenvalue weighted by Crippen LogP contribution is 2.22. The van der Waals surface area contributed by atoms with Gasteiger partial charge >= 0.3 is 0 Å². The van der Waals surface area contributed by atoms with E-state index >= 15 is 0 Å². The number of hydrogen-bond donors (Lipinski definition) is 3. The Hall–Kier alpha value is -2.15. The Bertz CT molecular complexity index is 817. The van der Waals surface area contributed by atoms with Crippen molar-refractivity contribution in [1.29, 1.82) is 0 Å². The van der Waals surface area contributed by atoms with Gasteiger partial charge in [-0.15, -0.1) is 0 Å². The first-order valence-corrected chi connectivity index (χ1v) is 8.66. The summed E-state index contributed by atoms with van der Waals surface area (Å²) in [5, 5.41) is 5.90. The summed E-state index contributed by atoms with van der Waals surface area (Å²) >= 11 is 11.9. The van der Waals surface area contributed by atoms with Crippen LogP contribution < -0.4 is 15.5 Å². The topological polar surface area (TPSA) is 62.6 Å². The largest absolute Gasteiger partial charge is 0.320 e. The average molecular weight is 399 g/mol. The van der Waals surface area contributed by atoms with Crippen LogP contribution in [-0.4, -0.2) is 31.4 Å². The van der Waals surface area contributed by atoms with E-state index < -0.39 is 11.9 Å². The number of halogens is 3. The highest BCUT2D eigenvalue weighted by Gasteiger charge is 2.24. The standard InChI is InChI=1S/C18H18Cl2FN3O2/c1-11(18(26)23-16-8-7-12(21)9-14(16)20)24(2)10-17(25)22-15-6-4-3-5-13(15)19/h3-9,11H,10H2,1-2H3,(H,22,25)(H,23,26)/p+1/t11-/m0/s1. The van der Waals surface area contributed by atoms with E-state index in [1.165, 1.54) is 12.1 Å². The van der Waals surface area contributed by atoms with Gasteiger partial charge in [-0.1, -0.05) is 35.3 Å². The van der Waals surface area contributed by atoms with Crippen molar-refractivity contribution in [2.45, 2.75) is 13.0 Å². The molecule has 5 nitrogen and oxygen atoms in total. The van der Waals surface area contributed by atoms with E-state index in [1.807, 2.05) is 0 Å². The van der Waals surface area contributed by atoms with Gasteiger partial charge in [0.1, 0.15) is 5.82 Å². The van der Waals surface area contributed by atoms with Crippen molar-refractivity contribution in [3.8, 4) is 0 Å². The molecule has 0 saturated carbocycles. The third kappa shape index (κ3) is 5.42. The second-order valence-corrected chi connectivity index (χ2v) is 6.70. The molecule has 2 aromatic rings. The zero-order valence-corrected chi connectivity index (χ0v) is 15.8. The van der Waals surface area contributed by atoms with Gasteiger partial charge in [0.2, 0.25) is 0 Å². The lowest BCUT2D eigenvalue weighted by Gasteiger charge is -2.21. The minimum atomic E-state index is -0.534. The second-order valence-electron chi connectivity index (χ2n) is 5.89. The molecule has 0 heterocycles. The van der Waals surface area contributed by atoms with Crippen LogP contribution in [-0.2, 0) is 9.59 Å². The zero-order valence-electron chi connectivity index (χ0n) is 14.3. The molecule has 2 atom stereocenters. The molecule has 2 aromatic carbocycles. The fourth-order valence-corrected chi connectivity index (χ4v) is 2.62. The second kappa shape index (κ2) is 8.98. The van der Waals surface area contributed by atoms with E-state index in [4.69, 9.17) is 23.2 Å². The van der Waals surface area contributed by atoms with Crippen LogP contribution in [0.4, 0.5) is 15.8 Å². The average Bonchev–Trinajstić information content (AvgIpc) is 2.58. The molecule has 2 rings (SSSR count). The molecule has 0 aromatic heterocycles. The summed E-state index contributed by atoms with van der Waals surface area (Å²) < 4.78 is 13.1. The SMILES string of the molecule is C[C@@H](C(=O)Nc1ccc(F)cc1Cl)[NH+](C)CC(=O)Nc1ccccc1Cl. The minimum Gasteiger partial charge on any atom is -0.320 e. The highest BCUT2D eigenvalue weighted by atomic mass is 35.5. The van der Waals surface area contributed by atoms with E-state index in [-0.39, 0.29) is 23.4 Å². The van der Waals surface area contributed by atoms with Crippen LogP contribution >= 0.6 is 23.2 Å². The Morgan fingerprint density at radius 1 is 1.08 bits per heavy atom. The van der Waals surface area contributed by atoms with Crippen LogP contribution in [0.3, 0.4) is 0 Å². The van der Waals surface area contributed by atoms with Gasteiger partial charge in [0.15, 0.2) is 12.6 Å². The lowest BCUT2D eigenvalue weighted by Crippen LogP contribution is -3.14. The van der Waals surface area contributed by atoms with Crippen LogP contribution in [0.2, 0.25) is 10.0 Å². The third-order valence-electron chi connectivity index (χ3n) is 3.91. The number of likely N-dealkylation sites (N-methyl/N-ethyl adjacent to an activating group) is 1. The quantitative estimate of drug-likeness (QED) is 0.700. The molecule has 8 heteroatoms. The van der Waals surface area contributed by atoms with Crippen molar-refractivity contribution >= 4 is 46.4 Å². The van der Waals surface area contributed by atoms with Crippen molar-refractivity contribution in [3.63, 3.8) is 0 Å². The molecular weight excluding hydrogens is 380 g/mol. The maximum Gasteiger partial charge on any atom is 0.282 e. The Morgan fingerprint density at radius 3 is 2.38 bits per heavy atom. The number of anilines is 2. The summed E-state index contributed by atoms with van der Waals surface area (Å²) in [5.74, 6) is -1.09. The van der Waals surface area contributed by atoms with E-state index in [0.717, 1.165) is 6.07 Å². The highest BCUT2D eigenvalue weighted by molar-refractivity contribution is 6.34. The first-order valence-electron chi connectivity index (χ1n) is 7.90. The molecular formula is C18H19Cl2FN3O2+. The van der Waals surface area contributed by atoms with Crippen LogP contribution in [0.25, 0.3) is 0 Å². The molecule has 0 radical (unpaired) electrons. The van der Waals surface area contributed by atoms with Crippen LogP contribution in [0.1, 0.15) is 6.92 Å². The van der Waals surface area contributed by atoms with E-state index in [0.29, 0.717) is 21.3 Å². The summed E-state index contributed by atoms with van der Waals surface area (Å²) in [7, 11) is 1.72. The summed E-state index contributed by atoms with van der Waals surface area (Å²) in [4.78, 5) is 25.2. The monoisotopic (exact) mass is 398 g/mol. The number of para-hydroxylation sites is 1.